The maximum absolute atomic E-state index is 13.2. The Bertz CT molecular complexity index is 588. The van der Waals surface area contributed by atoms with Gasteiger partial charge in [-0.2, -0.15) is 0 Å². The van der Waals surface area contributed by atoms with Crippen molar-refractivity contribution in [3.63, 3.8) is 0 Å². The van der Waals surface area contributed by atoms with E-state index in [-0.39, 0.29) is 5.69 Å². The van der Waals surface area contributed by atoms with Crippen LogP contribution < -0.4 is 5.32 Å². The minimum absolute atomic E-state index is 0.276. The molecule has 0 amide bonds. The molecule has 0 aliphatic carbocycles. The summed E-state index contributed by atoms with van der Waals surface area (Å²) in [5.74, 6) is -0.643. The van der Waals surface area contributed by atoms with E-state index in [2.05, 4.69) is 5.32 Å². The van der Waals surface area contributed by atoms with Crippen LogP contribution in [0, 0.1) is 15.9 Å². The molecule has 0 aliphatic heterocycles. The highest BCUT2D eigenvalue weighted by Gasteiger charge is 2.09. The van der Waals surface area contributed by atoms with Crippen LogP contribution >= 0.6 is 22.9 Å². The molecule has 0 saturated heterocycles. The van der Waals surface area contributed by atoms with Gasteiger partial charge in [0.15, 0.2) is 0 Å². The number of halogens is 2. The second-order valence-corrected chi connectivity index (χ2v) is 4.97. The lowest BCUT2D eigenvalue weighted by Crippen LogP contribution is -1.99. The van der Waals surface area contributed by atoms with Gasteiger partial charge >= 0.3 is 0 Å². The first-order valence-corrected chi connectivity index (χ1v) is 6.22. The van der Waals surface area contributed by atoms with Crippen LogP contribution in [-0.4, -0.2) is 4.92 Å². The Balaban J connectivity index is 2.11. The van der Waals surface area contributed by atoms with E-state index in [1.807, 2.05) is 0 Å². The van der Waals surface area contributed by atoms with Crippen LogP contribution in [0.15, 0.2) is 29.6 Å². The summed E-state index contributed by atoms with van der Waals surface area (Å²) in [7, 11) is 0. The van der Waals surface area contributed by atoms with Gasteiger partial charge in [-0.25, -0.2) is 4.39 Å². The number of thiophene rings is 1. The average Bonchev–Trinajstić information content (AvgIpc) is 2.72. The number of nitrogens with one attached hydrogen (secondary N) is 1. The monoisotopic (exact) mass is 286 g/mol. The summed E-state index contributed by atoms with van der Waals surface area (Å²) in [6.07, 6.45) is 0. The van der Waals surface area contributed by atoms with Gasteiger partial charge in [0, 0.05) is 28.6 Å². The number of hydrogen-bond acceptors (Lipinski definition) is 4. The van der Waals surface area contributed by atoms with Gasteiger partial charge in [0.25, 0.3) is 5.69 Å². The standard InChI is InChI=1S/C11H8ClFN2O2S/c12-7-1-11(18-6-7)5-14-9-2-8(13)3-10(4-9)15(16)17/h1-4,6,14H,5H2. The van der Waals surface area contributed by atoms with E-state index in [0.717, 1.165) is 10.9 Å². The van der Waals surface area contributed by atoms with Crippen molar-refractivity contribution >= 4 is 34.3 Å². The molecular formula is C11H8ClFN2O2S. The van der Waals surface area contributed by atoms with Crippen LogP contribution in [-0.2, 0) is 6.54 Å². The van der Waals surface area contributed by atoms with Crippen molar-refractivity contribution < 1.29 is 9.31 Å². The van der Waals surface area contributed by atoms with Crippen molar-refractivity contribution in [1.82, 2.24) is 0 Å². The zero-order chi connectivity index (χ0) is 13.1. The molecule has 7 heteroatoms. The Labute approximate surface area is 111 Å². The summed E-state index contributed by atoms with van der Waals surface area (Å²) in [6, 6.07) is 5.17. The molecule has 2 aromatic rings. The quantitative estimate of drug-likeness (QED) is 0.681. The number of anilines is 1. The molecule has 0 unspecified atom stereocenters. The summed E-state index contributed by atoms with van der Waals surface area (Å²) < 4.78 is 13.2. The summed E-state index contributed by atoms with van der Waals surface area (Å²) in [4.78, 5) is 10.9. The first-order chi connectivity index (χ1) is 8.54. The predicted octanol–water partition coefficient (Wildman–Crippen LogP) is 4.06. The van der Waals surface area contributed by atoms with Crippen LogP contribution in [0.25, 0.3) is 0 Å². The minimum Gasteiger partial charge on any atom is -0.380 e. The average molecular weight is 287 g/mol. The van der Waals surface area contributed by atoms with Crippen molar-refractivity contribution in [1.29, 1.82) is 0 Å². The minimum atomic E-state index is -0.643. The van der Waals surface area contributed by atoms with Crippen LogP contribution in [0.3, 0.4) is 0 Å². The molecule has 0 spiro atoms. The largest absolute Gasteiger partial charge is 0.380 e. The van der Waals surface area contributed by atoms with E-state index in [4.69, 9.17) is 11.6 Å². The zero-order valence-corrected chi connectivity index (χ0v) is 10.6. The number of nitro groups is 1. The van der Waals surface area contributed by atoms with Crippen LogP contribution in [0.1, 0.15) is 4.88 Å². The summed E-state index contributed by atoms with van der Waals surface area (Å²) in [5, 5.41) is 15.9. The number of nitro benzene ring substituents is 1. The molecule has 0 saturated carbocycles. The Morgan fingerprint density at radius 1 is 1.39 bits per heavy atom. The van der Waals surface area contributed by atoms with Crippen molar-refractivity contribution in [2.45, 2.75) is 6.54 Å². The van der Waals surface area contributed by atoms with Gasteiger partial charge in [0.05, 0.1) is 16.0 Å². The lowest BCUT2D eigenvalue weighted by Gasteiger charge is -2.04. The highest BCUT2D eigenvalue weighted by molar-refractivity contribution is 7.10. The number of rotatable bonds is 4. The Kier molecular flexibility index (Phi) is 3.78. The van der Waals surface area contributed by atoms with Gasteiger partial charge in [-0.3, -0.25) is 10.1 Å². The van der Waals surface area contributed by atoms with Gasteiger partial charge in [-0.15, -0.1) is 11.3 Å². The Morgan fingerprint density at radius 3 is 2.78 bits per heavy atom. The van der Waals surface area contributed by atoms with Crippen LogP contribution in [0.5, 0.6) is 0 Å². The number of non-ortho nitro benzene ring substituents is 1. The normalized spacial score (nSPS) is 10.3. The molecule has 1 N–H and O–H groups in total. The van der Waals surface area contributed by atoms with Crippen molar-refractivity contribution in [2.24, 2.45) is 0 Å². The lowest BCUT2D eigenvalue weighted by molar-refractivity contribution is -0.385. The van der Waals surface area contributed by atoms with E-state index in [9.17, 15) is 14.5 Å². The second kappa shape index (κ2) is 5.32. The molecule has 94 valence electrons. The molecule has 0 aliphatic rings. The van der Waals surface area contributed by atoms with E-state index in [1.165, 1.54) is 23.5 Å². The molecule has 1 heterocycles. The SMILES string of the molecule is O=[N+]([O-])c1cc(F)cc(NCc2cc(Cl)cs2)c1. The highest BCUT2D eigenvalue weighted by atomic mass is 35.5. The van der Waals surface area contributed by atoms with E-state index >= 15 is 0 Å². The predicted molar refractivity (Wildman–Crippen MR) is 69.7 cm³/mol. The summed E-state index contributed by atoms with van der Waals surface area (Å²) >= 11 is 7.23. The maximum Gasteiger partial charge on any atom is 0.274 e. The second-order valence-electron chi connectivity index (χ2n) is 3.54. The van der Waals surface area contributed by atoms with E-state index in [1.54, 1.807) is 11.4 Å². The Hall–Kier alpha value is -1.66. The van der Waals surface area contributed by atoms with Crippen molar-refractivity contribution in [3.8, 4) is 0 Å². The molecule has 2 rings (SSSR count). The molecule has 0 radical (unpaired) electrons. The Morgan fingerprint density at radius 2 is 2.17 bits per heavy atom. The number of benzene rings is 1. The van der Waals surface area contributed by atoms with Gasteiger partial charge in [-0.1, -0.05) is 11.6 Å². The first-order valence-electron chi connectivity index (χ1n) is 4.96. The molecule has 0 bridgehead atoms. The zero-order valence-electron chi connectivity index (χ0n) is 9.02. The van der Waals surface area contributed by atoms with E-state index < -0.39 is 10.7 Å². The van der Waals surface area contributed by atoms with Gasteiger partial charge in [-0.05, 0) is 12.1 Å². The molecule has 0 fully saturated rings. The summed E-state index contributed by atoms with van der Waals surface area (Å²) in [5.41, 5.74) is 0.0907. The third-order valence-electron chi connectivity index (χ3n) is 2.18. The van der Waals surface area contributed by atoms with E-state index in [0.29, 0.717) is 17.3 Å². The van der Waals surface area contributed by atoms with Crippen LogP contribution in [0.4, 0.5) is 15.8 Å². The van der Waals surface area contributed by atoms with Gasteiger partial charge in [0.1, 0.15) is 5.82 Å². The van der Waals surface area contributed by atoms with Crippen molar-refractivity contribution in [2.75, 3.05) is 5.32 Å². The molecular weight excluding hydrogens is 279 g/mol. The molecule has 0 atom stereocenters. The molecule has 18 heavy (non-hydrogen) atoms. The molecule has 4 nitrogen and oxygen atoms in total. The number of nitrogens with zero attached hydrogens (tertiary/aromatic N) is 1. The smallest absolute Gasteiger partial charge is 0.274 e. The topological polar surface area (TPSA) is 55.2 Å². The fraction of sp³-hybridized carbons (Fsp3) is 0.0909. The summed E-state index contributed by atoms with van der Waals surface area (Å²) in [6.45, 7) is 0.442. The fourth-order valence-electron chi connectivity index (χ4n) is 1.42. The fourth-order valence-corrected chi connectivity index (χ4v) is 2.43. The highest BCUT2D eigenvalue weighted by Crippen LogP contribution is 2.23. The molecule has 1 aromatic heterocycles. The van der Waals surface area contributed by atoms with Crippen molar-refractivity contribution in [3.05, 3.63) is 55.5 Å². The third-order valence-corrected chi connectivity index (χ3v) is 3.47. The lowest BCUT2D eigenvalue weighted by atomic mass is 10.2. The van der Waals surface area contributed by atoms with Crippen LogP contribution in [0.2, 0.25) is 5.02 Å². The third kappa shape index (κ3) is 3.18. The molecule has 1 aromatic carbocycles. The first kappa shape index (κ1) is 12.8. The maximum atomic E-state index is 13.2. The van der Waals surface area contributed by atoms with Gasteiger partial charge < -0.3 is 5.32 Å². The van der Waals surface area contributed by atoms with Gasteiger partial charge in [0.2, 0.25) is 0 Å². The number of hydrogen-bond donors (Lipinski definition) is 1.